The van der Waals surface area contributed by atoms with Crippen molar-refractivity contribution in [3.8, 4) is 0 Å². The molecular formula is C16H14BrNO2. The van der Waals surface area contributed by atoms with Gasteiger partial charge in [-0.3, -0.25) is 9.78 Å². The van der Waals surface area contributed by atoms with E-state index >= 15 is 0 Å². The highest BCUT2D eigenvalue weighted by molar-refractivity contribution is 9.10. The molecule has 0 spiro atoms. The minimum atomic E-state index is -0.453. The summed E-state index contributed by atoms with van der Waals surface area (Å²) in [4.78, 5) is 16.7. The van der Waals surface area contributed by atoms with Crippen LogP contribution < -0.4 is 0 Å². The van der Waals surface area contributed by atoms with E-state index in [2.05, 4.69) is 27.0 Å². The largest absolute Gasteiger partial charge is 0.365 e. The van der Waals surface area contributed by atoms with E-state index in [1.807, 2.05) is 30.3 Å². The zero-order valence-corrected chi connectivity index (χ0v) is 12.5. The predicted octanol–water partition coefficient (Wildman–Crippen LogP) is 3.27. The highest BCUT2D eigenvalue weighted by atomic mass is 79.9. The lowest BCUT2D eigenvalue weighted by Crippen LogP contribution is -2.24. The first-order chi connectivity index (χ1) is 9.74. The van der Waals surface area contributed by atoms with Crippen molar-refractivity contribution in [3.05, 3.63) is 63.9 Å². The van der Waals surface area contributed by atoms with Gasteiger partial charge in [0.2, 0.25) is 0 Å². The third-order valence-corrected chi connectivity index (χ3v) is 3.90. The summed E-state index contributed by atoms with van der Waals surface area (Å²) < 4.78 is 6.59. The number of halogens is 1. The molecule has 0 N–H and O–H groups in total. The van der Waals surface area contributed by atoms with Gasteiger partial charge in [0.15, 0.2) is 5.78 Å². The Morgan fingerprint density at radius 1 is 1.30 bits per heavy atom. The lowest BCUT2D eigenvalue weighted by atomic mass is 9.93. The summed E-state index contributed by atoms with van der Waals surface area (Å²) in [5, 5.41) is 0. The molecule has 1 aliphatic heterocycles. The molecule has 2 heterocycles. The molecule has 1 aromatic carbocycles. The minimum absolute atomic E-state index is 0.0620. The number of carbonyl (C=O) groups excluding carboxylic acids is 1. The molecule has 3 rings (SSSR count). The number of Topliss-reactive ketones (excluding diaryl/α,β-unsaturated/α-hetero) is 1. The van der Waals surface area contributed by atoms with Crippen molar-refractivity contribution in [3.63, 3.8) is 0 Å². The van der Waals surface area contributed by atoms with Gasteiger partial charge in [0.1, 0.15) is 6.10 Å². The zero-order chi connectivity index (χ0) is 13.9. The molecule has 1 aromatic heterocycles. The van der Waals surface area contributed by atoms with Crippen LogP contribution in [0.2, 0.25) is 0 Å². The van der Waals surface area contributed by atoms with E-state index in [0.29, 0.717) is 13.0 Å². The van der Waals surface area contributed by atoms with Crippen molar-refractivity contribution < 1.29 is 9.53 Å². The second kappa shape index (κ2) is 5.85. The third kappa shape index (κ3) is 2.81. The Morgan fingerprint density at radius 3 is 2.95 bits per heavy atom. The second-order valence-electron chi connectivity index (χ2n) is 4.81. The van der Waals surface area contributed by atoms with E-state index in [9.17, 15) is 4.79 Å². The number of rotatable bonds is 3. The van der Waals surface area contributed by atoms with Crippen LogP contribution in [-0.2, 0) is 22.4 Å². The molecule has 2 aromatic rings. The molecule has 1 aliphatic rings. The summed E-state index contributed by atoms with van der Waals surface area (Å²) in [6, 6.07) is 11.7. The fourth-order valence-electron chi connectivity index (χ4n) is 2.44. The SMILES string of the molecule is O=C(Cc1ccc(Br)cn1)C1OCCc2ccccc21. The van der Waals surface area contributed by atoms with Crippen molar-refractivity contribution in [1.82, 2.24) is 4.98 Å². The average Bonchev–Trinajstić information content (AvgIpc) is 2.49. The van der Waals surface area contributed by atoms with Gasteiger partial charge in [0.25, 0.3) is 0 Å². The third-order valence-electron chi connectivity index (χ3n) is 3.43. The number of nitrogens with zero attached hydrogens (tertiary/aromatic N) is 1. The molecule has 0 radical (unpaired) electrons. The van der Waals surface area contributed by atoms with Gasteiger partial charge in [0, 0.05) is 16.4 Å². The topological polar surface area (TPSA) is 39.2 Å². The van der Waals surface area contributed by atoms with Crippen LogP contribution in [0.3, 0.4) is 0 Å². The monoisotopic (exact) mass is 331 g/mol. The first kappa shape index (κ1) is 13.5. The van der Waals surface area contributed by atoms with Gasteiger partial charge in [-0.15, -0.1) is 0 Å². The second-order valence-corrected chi connectivity index (χ2v) is 5.73. The van der Waals surface area contributed by atoms with Crippen molar-refractivity contribution in [2.24, 2.45) is 0 Å². The Bertz CT molecular complexity index is 625. The summed E-state index contributed by atoms with van der Waals surface area (Å²) >= 11 is 3.34. The van der Waals surface area contributed by atoms with Gasteiger partial charge in [0.05, 0.1) is 13.0 Å². The van der Waals surface area contributed by atoms with Crippen LogP contribution in [-0.4, -0.2) is 17.4 Å². The molecule has 102 valence electrons. The summed E-state index contributed by atoms with van der Waals surface area (Å²) in [5.74, 6) is 0.0620. The fraction of sp³-hybridized carbons (Fsp3) is 0.250. The smallest absolute Gasteiger partial charge is 0.172 e. The van der Waals surface area contributed by atoms with Crippen molar-refractivity contribution in [2.45, 2.75) is 18.9 Å². The maximum absolute atomic E-state index is 12.4. The summed E-state index contributed by atoms with van der Waals surface area (Å²) in [5.41, 5.74) is 2.98. The number of aromatic nitrogens is 1. The predicted molar refractivity (Wildman–Crippen MR) is 79.5 cm³/mol. The first-order valence-electron chi connectivity index (χ1n) is 6.56. The van der Waals surface area contributed by atoms with E-state index < -0.39 is 6.10 Å². The number of hydrogen-bond donors (Lipinski definition) is 0. The van der Waals surface area contributed by atoms with Gasteiger partial charge < -0.3 is 4.74 Å². The van der Waals surface area contributed by atoms with Crippen LogP contribution in [0.25, 0.3) is 0 Å². The molecule has 0 saturated carbocycles. The number of hydrogen-bond acceptors (Lipinski definition) is 3. The minimum Gasteiger partial charge on any atom is -0.365 e. The zero-order valence-electron chi connectivity index (χ0n) is 10.9. The molecule has 20 heavy (non-hydrogen) atoms. The molecule has 4 heteroatoms. The number of fused-ring (bicyclic) bond motifs is 1. The molecule has 3 nitrogen and oxygen atoms in total. The normalized spacial score (nSPS) is 17.6. The van der Waals surface area contributed by atoms with Crippen molar-refractivity contribution in [2.75, 3.05) is 6.61 Å². The van der Waals surface area contributed by atoms with Gasteiger partial charge in [-0.05, 0) is 45.6 Å². The Hall–Kier alpha value is -1.52. The number of ketones is 1. The molecule has 1 atom stereocenters. The number of benzene rings is 1. The van der Waals surface area contributed by atoms with E-state index in [1.165, 1.54) is 5.56 Å². The molecular weight excluding hydrogens is 318 g/mol. The Balaban J connectivity index is 1.80. The number of carbonyl (C=O) groups is 1. The van der Waals surface area contributed by atoms with Gasteiger partial charge >= 0.3 is 0 Å². The van der Waals surface area contributed by atoms with E-state index in [1.54, 1.807) is 6.20 Å². The van der Waals surface area contributed by atoms with E-state index in [4.69, 9.17) is 4.74 Å². The molecule has 0 fully saturated rings. The van der Waals surface area contributed by atoms with Gasteiger partial charge in [-0.1, -0.05) is 24.3 Å². The number of pyridine rings is 1. The van der Waals surface area contributed by atoms with Crippen LogP contribution in [0.5, 0.6) is 0 Å². The van der Waals surface area contributed by atoms with Crippen molar-refractivity contribution >= 4 is 21.7 Å². The lowest BCUT2D eigenvalue weighted by molar-refractivity contribution is -0.131. The quantitative estimate of drug-likeness (QED) is 0.866. The Morgan fingerprint density at radius 2 is 2.15 bits per heavy atom. The van der Waals surface area contributed by atoms with Gasteiger partial charge in [-0.2, -0.15) is 0 Å². The highest BCUT2D eigenvalue weighted by Gasteiger charge is 2.27. The van der Waals surface area contributed by atoms with Crippen molar-refractivity contribution in [1.29, 1.82) is 0 Å². The average molecular weight is 332 g/mol. The highest BCUT2D eigenvalue weighted by Crippen LogP contribution is 2.28. The summed E-state index contributed by atoms with van der Waals surface area (Å²) in [7, 11) is 0. The fourth-order valence-corrected chi connectivity index (χ4v) is 2.68. The van der Waals surface area contributed by atoms with E-state index in [0.717, 1.165) is 22.2 Å². The molecule has 0 amide bonds. The van der Waals surface area contributed by atoms with E-state index in [-0.39, 0.29) is 5.78 Å². The molecule has 0 aliphatic carbocycles. The maximum atomic E-state index is 12.4. The van der Waals surface area contributed by atoms with Crippen LogP contribution in [0, 0.1) is 0 Å². The number of ether oxygens (including phenoxy) is 1. The van der Waals surface area contributed by atoms with Crippen LogP contribution in [0.15, 0.2) is 47.1 Å². The molecule has 0 saturated heterocycles. The Kier molecular flexibility index (Phi) is 3.94. The summed E-state index contributed by atoms with van der Waals surface area (Å²) in [6.07, 6.45) is 2.42. The molecule has 0 bridgehead atoms. The van der Waals surface area contributed by atoms with Crippen LogP contribution in [0.4, 0.5) is 0 Å². The Labute approximate surface area is 126 Å². The first-order valence-corrected chi connectivity index (χ1v) is 7.36. The van der Waals surface area contributed by atoms with Crippen LogP contribution >= 0.6 is 15.9 Å². The van der Waals surface area contributed by atoms with Crippen LogP contribution in [0.1, 0.15) is 22.9 Å². The summed E-state index contributed by atoms with van der Waals surface area (Å²) in [6.45, 7) is 0.598. The van der Waals surface area contributed by atoms with Gasteiger partial charge in [-0.25, -0.2) is 0 Å². The molecule has 1 unspecified atom stereocenters. The lowest BCUT2D eigenvalue weighted by Gasteiger charge is -2.24. The maximum Gasteiger partial charge on any atom is 0.172 e. The standard InChI is InChI=1S/C16H14BrNO2/c17-12-5-6-13(18-10-12)9-15(19)16-14-4-2-1-3-11(14)7-8-20-16/h1-6,10,16H,7-9H2.